The van der Waals surface area contributed by atoms with Crippen molar-refractivity contribution < 1.29 is 9.53 Å². The molecule has 0 aliphatic rings. The lowest BCUT2D eigenvalue weighted by Crippen LogP contribution is -2.20. The number of aromatic amines is 1. The summed E-state index contributed by atoms with van der Waals surface area (Å²) < 4.78 is 5.14. The molecule has 5 nitrogen and oxygen atoms in total. The van der Waals surface area contributed by atoms with Crippen molar-refractivity contribution >= 4 is 37.8 Å². The van der Waals surface area contributed by atoms with E-state index in [-0.39, 0.29) is 5.56 Å². The summed E-state index contributed by atoms with van der Waals surface area (Å²) in [6.07, 6.45) is 0.362. The summed E-state index contributed by atoms with van der Waals surface area (Å²) in [5.41, 5.74) is 2.47. The molecule has 0 amide bonds. The minimum atomic E-state index is -0.514. The number of hydrogen-bond donors (Lipinski definition) is 1. The van der Waals surface area contributed by atoms with Crippen LogP contribution in [0.25, 0.3) is 0 Å². The summed E-state index contributed by atoms with van der Waals surface area (Å²) in [6.45, 7) is 0. The van der Waals surface area contributed by atoms with Crippen LogP contribution in [0.1, 0.15) is 32.7 Å². The van der Waals surface area contributed by atoms with Crippen molar-refractivity contribution in [1.29, 1.82) is 5.26 Å². The number of benzene rings is 1. The van der Waals surface area contributed by atoms with Gasteiger partial charge in [-0.2, -0.15) is 5.26 Å². The van der Waals surface area contributed by atoms with E-state index >= 15 is 0 Å². The van der Waals surface area contributed by atoms with Crippen LogP contribution in [0.3, 0.4) is 0 Å². The van der Waals surface area contributed by atoms with Gasteiger partial charge in [0.05, 0.1) is 28.8 Å². The van der Waals surface area contributed by atoms with Crippen LogP contribution in [0.15, 0.2) is 33.5 Å². The third-order valence-corrected chi connectivity index (χ3v) is 4.72. The van der Waals surface area contributed by atoms with Crippen molar-refractivity contribution in [3.63, 3.8) is 0 Å². The second-order valence-electron chi connectivity index (χ2n) is 4.71. The number of H-pyrrole nitrogens is 1. The van der Waals surface area contributed by atoms with E-state index in [2.05, 4.69) is 42.9 Å². The van der Waals surface area contributed by atoms with Gasteiger partial charge in [0.15, 0.2) is 0 Å². The van der Waals surface area contributed by atoms with Crippen LogP contribution < -0.4 is 5.56 Å². The van der Waals surface area contributed by atoms with Gasteiger partial charge in [-0.1, -0.05) is 28.1 Å². The molecule has 2 rings (SSSR count). The van der Waals surface area contributed by atoms with Gasteiger partial charge < -0.3 is 9.72 Å². The predicted molar refractivity (Wildman–Crippen MR) is 92.7 cm³/mol. The number of carbonyl (C=O) groups is 1. The number of esters is 1. The Balaban J connectivity index is 2.59. The first-order valence-corrected chi connectivity index (χ1v) is 8.50. The van der Waals surface area contributed by atoms with E-state index in [0.29, 0.717) is 38.6 Å². The van der Waals surface area contributed by atoms with Gasteiger partial charge in [0.1, 0.15) is 0 Å². The third-order valence-electron chi connectivity index (χ3n) is 3.32. The normalized spacial score (nSPS) is 10.2. The van der Waals surface area contributed by atoms with Gasteiger partial charge >= 0.3 is 5.97 Å². The van der Waals surface area contributed by atoms with Gasteiger partial charge in [-0.25, -0.2) is 4.79 Å². The van der Waals surface area contributed by atoms with Crippen LogP contribution in [-0.2, 0) is 16.5 Å². The lowest BCUT2D eigenvalue weighted by atomic mass is 9.98. The second-order valence-corrected chi connectivity index (χ2v) is 6.06. The number of pyridine rings is 1. The molecular formula is C16H12Br2N2O3. The smallest absolute Gasteiger partial charge is 0.340 e. The highest BCUT2D eigenvalue weighted by Gasteiger charge is 2.22. The molecule has 0 bridgehead atoms. The molecule has 0 spiro atoms. The summed E-state index contributed by atoms with van der Waals surface area (Å²) in [6, 6.07) is 9.02. The van der Waals surface area contributed by atoms with Crippen LogP contribution in [0.4, 0.5) is 0 Å². The summed E-state index contributed by atoms with van der Waals surface area (Å²) in [5.74, 6) is -0.514. The van der Waals surface area contributed by atoms with Crippen LogP contribution in [-0.4, -0.2) is 18.1 Å². The molecular weight excluding hydrogens is 428 g/mol. The number of nitrogens with zero attached hydrogens (tertiary/aromatic N) is 1. The van der Waals surface area contributed by atoms with Gasteiger partial charge in [0, 0.05) is 11.0 Å². The first-order valence-electron chi connectivity index (χ1n) is 6.58. The topological polar surface area (TPSA) is 83.0 Å². The molecule has 23 heavy (non-hydrogen) atoms. The van der Waals surface area contributed by atoms with E-state index in [0.717, 1.165) is 5.56 Å². The lowest BCUT2D eigenvalue weighted by Gasteiger charge is -2.13. The summed E-state index contributed by atoms with van der Waals surface area (Å²) in [7, 11) is 1.30. The van der Waals surface area contributed by atoms with Gasteiger partial charge in [0.2, 0.25) is 0 Å². The molecule has 0 saturated carbocycles. The second kappa shape index (κ2) is 7.57. The van der Waals surface area contributed by atoms with Crippen LogP contribution >= 0.6 is 31.9 Å². The zero-order valence-electron chi connectivity index (χ0n) is 12.2. The fraction of sp³-hybridized carbons (Fsp3) is 0.188. The molecule has 1 N–H and O–H groups in total. The van der Waals surface area contributed by atoms with Crippen LogP contribution in [0, 0.1) is 11.3 Å². The monoisotopic (exact) mass is 438 g/mol. The van der Waals surface area contributed by atoms with Gasteiger partial charge in [-0.15, -0.1) is 0 Å². The van der Waals surface area contributed by atoms with Crippen molar-refractivity contribution in [2.45, 2.75) is 11.8 Å². The molecule has 0 aliphatic heterocycles. The Bertz CT molecular complexity index is 836. The number of nitrogens with one attached hydrogen (secondary N) is 1. The highest BCUT2D eigenvalue weighted by atomic mass is 79.9. The minimum Gasteiger partial charge on any atom is -0.465 e. The maximum atomic E-state index is 12.1. The van der Waals surface area contributed by atoms with E-state index in [1.165, 1.54) is 7.11 Å². The quantitative estimate of drug-likeness (QED) is 0.585. The van der Waals surface area contributed by atoms with E-state index in [1.54, 1.807) is 24.3 Å². The number of aromatic nitrogens is 1. The Morgan fingerprint density at radius 3 is 2.52 bits per heavy atom. The number of methoxy groups -OCH3 is 1. The molecule has 0 fully saturated rings. The Morgan fingerprint density at radius 1 is 1.35 bits per heavy atom. The Labute approximate surface area is 149 Å². The molecule has 1 heterocycles. The van der Waals surface area contributed by atoms with E-state index in [1.807, 2.05) is 0 Å². The molecule has 0 radical (unpaired) electrons. The Morgan fingerprint density at radius 2 is 2.00 bits per heavy atom. The fourth-order valence-electron chi connectivity index (χ4n) is 2.20. The zero-order chi connectivity index (χ0) is 17.0. The maximum absolute atomic E-state index is 12.1. The number of carbonyl (C=O) groups excluding carboxylic acids is 1. The molecule has 1 aromatic heterocycles. The molecule has 2 aromatic rings. The van der Waals surface area contributed by atoms with Crippen LogP contribution in [0.2, 0.25) is 0 Å². The molecule has 0 unspecified atom stereocenters. The molecule has 0 saturated heterocycles. The highest BCUT2D eigenvalue weighted by Crippen LogP contribution is 2.25. The standard InChI is InChI=1S/C16H12Br2N2O3/c1-23-16(22)13-11(14(18)15(21)20-12(13)7-17)6-9-2-4-10(8-19)5-3-9/h2-5H,6-7H2,1H3,(H,20,21). The van der Waals surface area contributed by atoms with Crippen molar-refractivity contribution in [2.24, 2.45) is 0 Å². The van der Waals surface area contributed by atoms with Crippen LogP contribution in [0.5, 0.6) is 0 Å². The number of rotatable bonds is 4. The summed E-state index contributed by atoms with van der Waals surface area (Å²) in [5, 5.41) is 9.17. The van der Waals surface area contributed by atoms with E-state index in [4.69, 9.17) is 10.00 Å². The first kappa shape index (κ1) is 17.4. The average molecular weight is 440 g/mol. The minimum absolute atomic E-state index is 0.298. The van der Waals surface area contributed by atoms with Gasteiger partial charge in [-0.3, -0.25) is 4.79 Å². The Kier molecular flexibility index (Phi) is 5.74. The van der Waals surface area contributed by atoms with Crippen molar-refractivity contribution in [3.05, 3.63) is 67.0 Å². The largest absolute Gasteiger partial charge is 0.465 e. The number of ether oxygens (including phenoxy) is 1. The SMILES string of the molecule is COC(=O)c1c(CBr)[nH]c(=O)c(Br)c1Cc1ccc(C#N)cc1. The van der Waals surface area contributed by atoms with Crippen molar-refractivity contribution in [2.75, 3.05) is 7.11 Å². The highest BCUT2D eigenvalue weighted by molar-refractivity contribution is 9.10. The van der Waals surface area contributed by atoms with Crippen molar-refractivity contribution in [1.82, 2.24) is 4.98 Å². The fourth-order valence-corrected chi connectivity index (χ4v) is 3.06. The van der Waals surface area contributed by atoms with E-state index < -0.39 is 5.97 Å². The number of hydrogen-bond acceptors (Lipinski definition) is 4. The number of halogens is 2. The van der Waals surface area contributed by atoms with E-state index in [9.17, 15) is 9.59 Å². The lowest BCUT2D eigenvalue weighted by molar-refractivity contribution is 0.0598. The molecule has 1 aromatic carbocycles. The summed E-state index contributed by atoms with van der Waals surface area (Å²) >= 11 is 6.53. The Hall–Kier alpha value is -1.91. The van der Waals surface area contributed by atoms with Crippen molar-refractivity contribution in [3.8, 4) is 6.07 Å². The maximum Gasteiger partial charge on any atom is 0.340 e. The predicted octanol–water partition coefficient (Wildman–Crippen LogP) is 3.28. The number of nitriles is 1. The van der Waals surface area contributed by atoms with Gasteiger partial charge in [0.25, 0.3) is 5.56 Å². The van der Waals surface area contributed by atoms with Gasteiger partial charge in [-0.05, 0) is 45.6 Å². The zero-order valence-corrected chi connectivity index (χ0v) is 15.3. The summed E-state index contributed by atoms with van der Waals surface area (Å²) in [4.78, 5) is 26.9. The molecule has 0 atom stereocenters. The average Bonchev–Trinajstić information content (AvgIpc) is 2.58. The molecule has 0 aliphatic carbocycles. The third kappa shape index (κ3) is 3.71. The number of alkyl halides is 1. The first-order chi connectivity index (χ1) is 11.0. The molecule has 118 valence electrons. The molecule has 7 heteroatoms.